The van der Waals surface area contributed by atoms with E-state index < -0.39 is 0 Å². The molecule has 0 aliphatic carbocycles. The van der Waals surface area contributed by atoms with Crippen molar-refractivity contribution in [2.45, 2.75) is 39.0 Å². The third-order valence-corrected chi connectivity index (χ3v) is 2.63. The van der Waals surface area contributed by atoms with Gasteiger partial charge in [-0.25, -0.2) is 0 Å². The Morgan fingerprint density at radius 1 is 1.18 bits per heavy atom. The quantitative estimate of drug-likeness (QED) is 0.449. The summed E-state index contributed by atoms with van der Waals surface area (Å²) in [6, 6.07) is 7.96. The lowest BCUT2D eigenvalue weighted by atomic mass is 10.1. The summed E-state index contributed by atoms with van der Waals surface area (Å²) in [5.74, 6) is -0.0833. The van der Waals surface area contributed by atoms with Gasteiger partial charge in [0.15, 0.2) is 0 Å². The summed E-state index contributed by atoms with van der Waals surface area (Å²) in [4.78, 5) is 11.1. The Hall–Kier alpha value is -1.51. The second-order valence-electron chi connectivity index (χ2n) is 4.11. The fourth-order valence-electron chi connectivity index (χ4n) is 1.69. The van der Waals surface area contributed by atoms with Crippen molar-refractivity contribution in [2.75, 3.05) is 12.3 Å². The van der Waals surface area contributed by atoms with Gasteiger partial charge < -0.3 is 10.5 Å². The molecular weight excluding hydrogens is 214 g/mol. The molecule has 94 valence electrons. The highest BCUT2D eigenvalue weighted by Gasteiger charge is 2.00. The molecule has 17 heavy (non-hydrogen) atoms. The second kappa shape index (κ2) is 7.71. The number of hydrogen-bond acceptors (Lipinski definition) is 3. The summed E-state index contributed by atoms with van der Waals surface area (Å²) in [6.45, 7) is 2.31. The molecule has 0 amide bonds. The molecule has 0 unspecified atom stereocenters. The molecule has 0 spiro atoms. The number of ether oxygens (including phenoxy) is 1. The van der Waals surface area contributed by atoms with Crippen LogP contribution in [0.3, 0.4) is 0 Å². The summed E-state index contributed by atoms with van der Waals surface area (Å²) in [7, 11) is 0. The van der Waals surface area contributed by atoms with E-state index >= 15 is 0 Å². The first-order chi connectivity index (χ1) is 8.22. The van der Waals surface area contributed by atoms with Crippen molar-refractivity contribution < 1.29 is 9.53 Å². The number of unbranched alkanes of at least 4 members (excludes halogenated alkanes) is 2. The van der Waals surface area contributed by atoms with Crippen molar-refractivity contribution >= 4 is 11.7 Å². The smallest absolute Gasteiger partial charge is 0.305 e. The molecule has 0 atom stereocenters. The number of carbonyl (C=O) groups excluding carboxylic acids is 1. The van der Waals surface area contributed by atoms with Crippen LogP contribution >= 0.6 is 0 Å². The van der Waals surface area contributed by atoms with Crippen LogP contribution in [0.2, 0.25) is 0 Å². The molecule has 3 heteroatoms. The zero-order chi connectivity index (χ0) is 12.5. The van der Waals surface area contributed by atoms with Gasteiger partial charge in [0.1, 0.15) is 0 Å². The van der Waals surface area contributed by atoms with Gasteiger partial charge >= 0.3 is 5.97 Å². The fraction of sp³-hybridized carbons (Fsp3) is 0.500. The van der Waals surface area contributed by atoms with Crippen LogP contribution in [0.4, 0.5) is 5.69 Å². The number of benzene rings is 1. The van der Waals surface area contributed by atoms with E-state index in [2.05, 4.69) is 12.1 Å². The maximum absolute atomic E-state index is 11.1. The van der Waals surface area contributed by atoms with Gasteiger partial charge in [-0.05, 0) is 43.9 Å². The van der Waals surface area contributed by atoms with Gasteiger partial charge in [0.2, 0.25) is 0 Å². The molecule has 3 nitrogen and oxygen atoms in total. The molecule has 0 aromatic heterocycles. The highest BCUT2D eigenvalue weighted by molar-refractivity contribution is 5.69. The van der Waals surface area contributed by atoms with Crippen molar-refractivity contribution in [3.63, 3.8) is 0 Å². The Kier molecular flexibility index (Phi) is 6.15. The van der Waals surface area contributed by atoms with E-state index in [4.69, 9.17) is 10.5 Å². The highest BCUT2D eigenvalue weighted by Crippen LogP contribution is 2.10. The van der Waals surface area contributed by atoms with Gasteiger partial charge in [0, 0.05) is 12.1 Å². The number of nitrogens with two attached hydrogens (primary N) is 1. The summed E-state index contributed by atoms with van der Waals surface area (Å²) >= 11 is 0. The standard InChI is InChI=1S/C14H21NO2/c1-2-17-14(16)7-5-3-4-6-12-8-10-13(15)11-9-12/h8-11H,2-7,15H2,1H3. The molecule has 2 N–H and O–H groups in total. The van der Waals surface area contributed by atoms with E-state index in [0.717, 1.165) is 31.4 Å². The third kappa shape index (κ3) is 5.95. The van der Waals surface area contributed by atoms with Crippen molar-refractivity contribution in [2.24, 2.45) is 0 Å². The first kappa shape index (κ1) is 13.6. The van der Waals surface area contributed by atoms with Crippen molar-refractivity contribution in [1.29, 1.82) is 0 Å². The van der Waals surface area contributed by atoms with E-state index in [1.807, 2.05) is 19.1 Å². The van der Waals surface area contributed by atoms with Crippen LogP contribution in [0.25, 0.3) is 0 Å². The number of anilines is 1. The van der Waals surface area contributed by atoms with Gasteiger partial charge in [-0.3, -0.25) is 4.79 Å². The molecule has 0 radical (unpaired) electrons. The van der Waals surface area contributed by atoms with Crippen LogP contribution in [0.15, 0.2) is 24.3 Å². The van der Waals surface area contributed by atoms with Crippen molar-refractivity contribution in [3.8, 4) is 0 Å². The second-order valence-corrected chi connectivity index (χ2v) is 4.11. The van der Waals surface area contributed by atoms with E-state index in [0.29, 0.717) is 13.0 Å². The van der Waals surface area contributed by atoms with Crippen LogP contribution in [0.5, 0.6) is 0 Å². The van der Waals surface area contributed by atoms with E-state index in [1.165, 1.54) is 5.56 Å². The van der Waals surface area contributed by atoms with Crippen LogP contribution in [-0.2, 0) is 16.0 Å². The molecule has 1 aromatic carbocycles. The summed E-state index contributed by atoms with van der Waals surface area (Å²) in [5.41, 5.74) is 7.72. The lowest BCUT2D eigenvalue weighted by Crippen LogP contribution is -2.03. The molecule has 1 rings (SSSR count). The minimum absolute atomic E-state index is 0.0833. The molecule has 0 saturated carbocycles. The van der Waals surface area contributed by atoms with Crippen LogP contribution in [-0.4, -0.2) is 12.6 Å². The predicted molar refractivity (Wildman–Crippen MR) is 69.7 cm³/mol. The maximum atomic E-state index is 11.1. The number of aryl methyl sites for hydroxylation is 1. The molecule has 0 heterocycles. The first-order valence-corrected chi connectivity index (χ1v) is 6.22. The van der Waals surface area contributed by atoms with Gasteiger partial charge in [-0.2, -0.15) is 0 Å². The topological polar surface area (TPSA) is 52.3 Å². The van der Waals surface area contributed by atoms with E-state index in [1.54, 1.807) is 0 Å². The highest BCUT2D eigenvalue weighted by atomic mass is 16.5. The Balaban J connectivity index is 2.08. The largest absolute Gasteiger partial charge is 0.466 e. The Morgan fingerprint density at radius 3 is 2.53 bits per heavy atom. The van der Waals surface area contributed by atoms with Crippen molar-refractivity contribution in [3.05, 3.63) is 29.8 Å². The van der Waals surface area contributed by atoms with Gasteiger partial charge in [0.25, 0.3) is 0 Å². The average molecular weight is 235 g/mol. The number of rotatable bonds is 7. The SMILES string of the molecule is CCOC(=O)CCCCCc1ccc(N)cc1. The van der Waals surface area contributed by atoms with E-state index in [-0.39, 0.29) is 5.97 Å². The molecule has 0 saturated heterocycles. The Labute approximate surface area is 103 Å². The van der Waals surface area contributed by atoms with Gasteiger partial charge in [0.05, 0.1) is 6.61 Å². The Morgan fingerprint density at radius 2 is 1.88 bits per heavy atom. The molecule has 0 aliphatic heterocycles. The minimum Gasteiger partial charge on any atom is -0.466 e. The zero-order valence-electron chi connectivity index (χ0n) is 10.4. The number of hydrogen-bond donors (Lipinski definition) is 1. The van der Waals surface area contributed by atoms with Crippen LogP contribution in [0, 0.1) is 0 Å². The van der Waals surface area contributed by atoms with Crippen molar-refractivity contribution in [1.82, 2.24) is 0 Å². The zero-order valence-corrected chi connectivity index (χ0v) is 10.4. The lowest BCUT2D eigenvalue weighted by Gasteiger charge is -2.03. The predicted octanol–water partition coefficient (Wildman–Crippen LogP) is 2.93. The molecule has 1 aromatic rings. The average Bonchev–Trinajstić information content (AvgIpc) is 2.31. The van der Waals surface area contributed by atoms with E-state index in [9.17, 15) is 4.79 Å². The molecular formula is C14H21NO2. The summed E-state index contributed by atoms with van der Waals surface area (Å²) < 4.78 is 4.87. The summed E-state index contributed by atoms with van der Waals surface area (Å²) in [6.07, 6.45) is 4.65. The molecule has 0 fully saturated rings. The van der Waals surface area contributed by atoms with Gasteiger partial charge in [-0.1, -0.05) is 18.6 Å². The fourth-order valence-corrected chi connectivity index (χ4v) is 1.69. The minimum atomic E-state index is -0.0833. The van der Waals surface area contributed by atoms with Crippen LogP contribution < -0.4 is 5.73 Å². The molecule has 0 bridgehead atoms. The lowest BCUT2D eigenvalue weighted by molar-refractivity contribution is -0.143. The Bertz CT molecular complexity index is 333. The van der Waals surface area contributed by atoms with Gasteiger partial charge in [-0.15, -0.1) is 0 Å². The number of carbonyl (C=O) groups is 1. The normalized spacial score (nSPS) is 10.2. The third-order valence-electron chi connectivity index (χ3n) is 2.63. The number of nitrogen functional groups attached to an aromatic ring is 1. The monoisotopic (exact) mass is 235 g/mol. The van der Waals surface area contributed by atoms with Crippen LogP contribution in [0.1, 0.15) is 38.2 Å². The summed E-state index contributed by atoms with van der Waals surface area (Å²) in [5, 5.41) is 0. The molecule has 0 aliphatic rings. The first-order valence-electron chi connectivity index (χ1n) is 6.22. The maximum Gasteiger partial charge on any atom is 0.305 e. The number of esters is 1.